The van der Waals surface area contributed by atoms with E-state index in [1.165, 1.54) is 11.3 Å². The third kappa shape index (κ3) is 8.75. The molecule has 2 rings (SSSR count). The van der Waals surface area contributed by atoms with Gasteiger partial charge in [0.2, 0.25) is 5.91 Å². The number of aryl methyl sites for hydroxylation is 1. The van der Waals surface area contributed by atoms with Crippen LogP contribution in [0.2, 0.25) is 0 Å². The lowest BCUT2D eigenvalue weighted by Crippen LogP contribution is -2.37. The van der Waals surface area contributed by atoms with E-state index in [4.69, 9.17) is 10.5 Å². The van der Waals surface area contributed by atoms with Crippen LogP contribution in [0, 0.1) is 18.3 Å². The minimum absolute atomic E-state index is 0. The molecule has 1 atom stereocenters. The van der Waals surface area contributed by atoms with Crippen LogP contribution in [0.3, 0.4) is 0 Å². The Balaban J connectivity index is 0.00000544. The third-order valence-electron chi connectivity index (χ3n) is 4.63. The van der Waals surface area contributed by atoms with Crippen molar-refractivity contribution in [3.8, 4) is 0 Å². The zero-order chi connectivity index (χ0) is 24.1. The van der Waals surface area contributed by atoms with Crippen LogP contribution in [0.15, 0.2) is 34.8 Å². The van der Waals surface area contributed by atoms with Gasteiger partial charge in [0.1, 0.15) is 6.04 Å². The molecule has 0 aliphatic heterocycles. The quantitative estimate of drug-likeness (QED) is 0.564. The number of ether oxygens (including phenoxy) is 1. The molecule has 2 amide bonds. The van der Waals surface area contributed by atoms with Crippen molar-refractivity contribution in [3.05, 3.63) is 45.7 Å². The van der Waals surface area contributed by atoms with E-state index < -0.39 is 17.9 Å². The van der Waals surface area contributed by atoms with Crippen molar-refractivity contribution in [3.63, 3.8) is 0 Å². The topological polar surface area (TPSA) is 116 Å². The number of rotatable bonds is 7. The highest BCUT2D eigenvalue weighted by Crippen LogP contribution is 2.22. The van der Waals surface area contributed by atoms with Crippen LogP contribution in [-0.2, 0) is 21.1 Å². The lowest BCUT2D eigenvalue weighted by molar-refractivity contribution is -0.150. The number of hydrogen-bond donors (Lipinski definition) is 2. The van der Waals surface area contributed by atoms with E-state index in [2.05, 4.69) is 10.3 Å². The Morgan fingerprint density at radius 2 is 1.91 bits per heavy atom. The Morgan fingerprint density at radius 3 is 2.48 bits per heavy atom. The highest BCUT2D eigenvalue weighted by Gasteiger charge is 2.19. The van der Waals surface area contributed by atoms with E-state index in [0.717, 1.165) is 5.56 Å². The molecule has 33 heavy (non-hydrogen) atoms. The number of nitrogens with two attached hydrogens (primary N) is 1. The van der Waals surface area contributed by atoms with E-state index in [0.29, 0.717) is 22.5 Å². The van der Waals surface area contributed by atoms with Gasteiger partial charge in [0.05, 0.1) is 0 Å². The summed E-state index contributed by atoms with van der Waals surface area (Å²) in [5.74, 6) is -1.04. The maximum Gasteiger partial charge on any atom is 0.324 e. The summed E-state index contributed by atoms with van der Waals surface area (Å²) < 4.78 is 6.81. The number of nitrogens with one attached hydrogen (secondary N) is 1. The van der Waals surface area contributed by atoms with E-state index in [1.807, 2.05) is 41.5 Å². The minimum Gasteiger partial charge on any atom is -0.443 e. The normalized spacial score (nSPS) is 12.8. The maximum absolute atomic E-state index is 12.7. The zero-order valence-corrected chi connectivity index (χ0v) is 21.5. The first-order valence-corrected chi connectivity index (χ1v) is 11.3. The van der Waals surface area contributed by atoms with Gasteiger partial charge in [-0.25, -0.2) is 0 Å². The fourth-order valence-electron chi connectivity index (χ4n) is 2.75. The van der Waals surface area contributed by atoms with Crippen LogP contribution in [0.25, 0.3) is 0 Å². The Hall–Kier alpha value is -2.49. The first-order chi connectivity index (χ1) is 14.9. The fraction of sp³-hybridized carbons (Fsp3) is 0.478. The Kier molecular flexibility index (Phi) is 10.5. The third-order valence-corrected chi connectivity index (χ3v) is 5.43. The Labute approximate surface area is 204 Å². The SMILES string of the molecule is Cc1cc(C(=O)N=c2sccn2COC(=O)C(N)C(C)C)ccc1NC(=O)CC(C)(C)C.Cl. The number of thiazole rings is 1. The van der Waals surface area contributed by atoms with Crippen LogP contribution < -0.4 is 15.9 Å². The lowest BCUT2D eigenvalue weighted by atomic mass is 9.92. The predicted octanol–water partition coefficient (Wildman–Crippen LogP) is 3.88. The predicted molar refractivity (Wildman–Crippen MR) is 132 cm³/mol. The number of anilines is 1. The van der Waals surface area contributed by atoms with Gasteiger partial charge in [-0.3, -0.25) is 19.0 Å². The van der Waals surface area contributed by atoms with Gasteiger partial charge in [0.25, 0.3) is 5.91 Å². The van der Waals surface area contributed by atoms with Crippen LogP contribution >= 0.6 is 23.7 Å². The van der Waals surface area contributed by atoms with E-state index in [1.54, 1.807) is 34.3 Å². The molecule has 182 valence electrons. The van der Waals surface area contributed by atoms with Crippen LogP contribution in [0.4, 0.5) is 5.69 Å². The van der Waals surface area contributed by atoms with Crippen LogP contribution in [0.5, 0.6) is 0 Å². The lowest BCUT2D eigenvalue weighted by Gasteiger charge is -2.18. The van der Waals surface area contributed by atoms with Crippen LogP contribution in [0.1, 0.15) is 57.0 Å². The summed E-state index contributed by atoms with van der Waals surface area (Å²) in [7, 11) is 0. The molecule has 1 heterocycles. The van der Waals surface area contributed by atoms with Crippen LogP contribution in [-0.4, -0.2) is 28.4 Å². The summed E-state index contributed by atoms with van der Waals surface area (Å²) in [6.45, 7) is 11.4. The van der Waals surface area contributed by atoms with Crippen molar-refractivity contribution in [2.75, 3.05) is 5.32 Å². The average Bonchev–Trinajstić information content (AvgIpc) is 3.12. The van der Waals surface area contributed by atoms with Gasteiger partial charge in [-0.1, -0.05) is 34.6 Å². The first-order valence-electron chi connectivity index (χ1n) is 10.4. The number of nitrogens with zero attached hydrogens (tertiary/aromatic N) is 2. The van der Waals surface area contributed by atoms with E-state index in [-0.39, 0.29) is 36.4 Å². The molecule has 0 radical (unpaired) electrons. The second-order valence-corrected chi connectivity index (χ2v) is 10.1. The minimum atomic E-state index is -0.707. The monoisotopic (exact) mass is 496 g/mol. The highest BCUT2D eigenvalue weighted by atomic mass is 35.5. The summed E-state index contributed by atoms with van der Waals surface area (Å²) in [6.07, 6.45) is 2.08. The van der Waals surface area contributed by atoms with Crippen molar-refractivity contribution in [2.45, 2.75) is 60.7 Å². The van der Waals surface area contributed by atoms with Gasteiger partial charge in [0, 0.05) is 29.2 Å². The standard InChI is InChI=1S/C23H32N4O4S.ClH/c1-14(2)19(24)21(30)31-13-27-9-10-32-22(27)26-20(29)16-7-8-17(15(3)11-16)25-18(28)12-23(4,5)6;/h7-11,14,19H,12-13,24H2,1-6H3,(H,25,28);1H. The average molecular weight is 497 g/mol. The second kappa shape index (κ2) is 12.1. The van der Waals surface area contributed by atoms with Crippen molar-refractivity contribution in [1.82, 2.24) is 4.57 Å². The Morgan fingerprint density at radius 1 is 1.24 bits per heavy atom. The van der Waals surface area contributed by atoms with Gasteiger partial charge in [0.15, 0.2) is 11.5 Å². The highest BCUT2D eigenvalue weighted by molar-refractivity contribution is 7.07. The summed E-state index contributed by atoms with van der Waals surface area (Å²) in [5, 5.41) is 4.64. The zero-order valence-electron chi connectivity index (χ0n) is 19.9. The first kappa shape index (κ1) is 28.5. The van der Waals surface area contributed by atoms with Crippen molar-refractivity contribution < 1.29 is 19.1 Å². The number of esters is 1. The molecule has 0 saturated heterocycles. The molecular weight excluding hydrogens is 464 g/mol. The van der Waals surface area contributed by atoms with E-state index in [9.17, 15) is 14.4 Å². The number of aromatic nitrogens is 1. The Bertz CT molecular complexity index is 1050. The molecule has 0 saturated carbocycles. The van der Waals surface area contributed by atoms with E-state index >= 15 is 0 Å². The number of carbonyl (C=O) groups is 3. The van der Waals surface area contributed by atoms with Gasteiger partial charge in [-0.05, 0) is 42.0 Å². The maximum atomic E-state index is 12.7. The van der Waals surface area contributed by atoms with Gasteiger partial charge >= 0.3 is 5.97 Å². The van der Waals surface area contributed by atoms with Crippen molar-refractivity contribution in [1.29, 1.82) is 0 Å². The molecule has 0 aliphatic carbocycles. The molecule has 2 aromatic rings. The van der Waals surface area contributed by atoms with Crippen molar-refractivity contribution >= 4 is 47.2 Å². The van der Waals surface area contributed by atoms with Gasteiger partial charge in [-0.2, -0.15) is 4.99 Å². The molecule has 1 unspecified atom stereocenters. The second-order valence-electron chi connectivity index (χ2n) is 9.25. The summed E-state index contributed by atoms with van der Waals surface area (Å²) >= 11 is 1.26. The summed E-state index contributed by atoms with van der Waals surface area (Å²) in [5.41, 5.74) is 7.51. The number of carbonyl (C=O) groups excluding carboxylic acids is 3. The molecular formula is C23H33ClN4O4S. The number of benzene rings is 1. The largest absolute Gasteiger partial charge is 0.443 e. The number of halogens is 1. The number of hydrogen-bond acceptors (Lipinski definition) is 6. The fourth-order valence-corrected chi connectivity index (χ4v) is 3.47. The summed E-state index contributed by atoms with van der Waals surface area (Å²) in [6, 6.07) is 4.32. The van der Waals surface area contributed by atoms with Crippen molar-refractivity contribution in [2.24, 2.45) is 22.1 Å². The molecule has 0 fully saturated rings. The summed E-state index contributed by atoms with van der Waals surface area (Å²) in [4.78, 5) is 41.4. The molecule has 8 nitrogen and oxygen atoms in total. The molecule has 10 heteroatoms. The molecule has 1 aromatic carbocycles. The number of amides is 2. The van der Waals surface area contributed by atoms with Gasteiger partial charge < -0.3 is 15.8 Å². The molecule has 1 aromatic heterocycles. The molecule has 0 bridgehead atoms. The van der Waals surface area contributed by atoms with Gasteiger partial charge in [-0.15, -0.1) is 23.7 Å². The molecule has 3 N–H and O–H groups in total. The molecule has 0 aliphatic rings. The molecule has 0 spiro atoms. The smallest absolute Gasteiger partial charge is 0.324 e.